The molecule has 0 aliphatic heterocycles. The summed E-state index contributed by atoms with van der Waals surface area (Å²) in [5.74, 6) is -1.02. The maximum atomic E-state index is 12.1. The highest BCUT2D eigenvalue weighted by Crippen LogP contribution is 2.17. The van der Waals surface area contributed by atoms with Crippen molar-refractivity contribution in [2.45, 2.75) is 58.4 Å². The van der Waals surface area contributed by atoms with E-state index in [1.54, 1.807) is 0 Å². The lowest BCUT2D eigenvalue weighted by atomic mass is 9.95. The number of carbonyl (C=O) groups excluding carboxylic acids is 1. The number of rotatable bonds is 5. The standard InChI is InChI=1S/C15H25NO3/c1-11(2)10-13(15(18)19)16-14(17)12-8-6-4-3-5-7-9-12/h6,8,11-13H,3-5,7,9-10H2,1-2H3,(H,16,17)(H,18,19)/t12?,13-/m0/s1. The van der Waals surface area contributed by atoms with Gasteiger partial charge in [0.1, 0.15) is 6.04 Å². The predicted octanol–water partition coefficient (Wildman–Crippen LogP) is 2.74. The van der Waals surface area contributed by atoms with Crippen molar-refractivity contribution in [1.29, 1.82) is 0 Å². The number of amides is 1. The normalized spacial score (nSPS) is 21.5. The molecule has 0 aromatic rings. The van der Waals surface area contributed by atoms with E-state index in [2.05, 4.69) is 5.32 Å². The van der Waals surface area contributed by atoms with Gasteiger partial charge in [-0.15, -0.1) is 0 Å². The van der Waals surface area contributed by atoms with E-state index in [-0.39, 0.29) is 17.7 Å². The van der Waals surface area contributed by atoms with Crippen LogP contribution in [0.4, 0.5) is 0 Å². The molecule has 0 aromatic heterocycles. The first kappa shape index (κ1) is 15.7. The molecule has 1 rings (SSSR count). The van der Waals surface area contributed by atoms with Crippen LogP contribution < -0.4 is 5.32 Å². The lowest BCUT2D eigenvalue weighted by Crippen LogP contribution is -2.44. The van der Waals surface area contributed by atoms with Crippen LogP contribution in [0, 0.1) is 11.8 Å². The zero-order chi connectivity index (χ0) is 14.3. The van der Waals surface area contributed by atoms with Gasteiger partial charge in [0, 0.05) is 0 Å². The molecular weight excluding hydrogens is 242 g/mol. The second-order valence-corrected chi connectivity index (χ2v) is 5.70. The monoisotopic (exact) mass is 267 g/mol. The lowest BCUT2D eigenvalue weighted by Gasteiger charge is -2.20. The zero-order valence-electron chi connectivity index (χ0n) is 11.9. The van der Waals surface area contributed by atoms with Gasteiger partial charge in [-0.25, -0.2) is 4.79 Å². The molecule has 1 aliphatic carbocycles. The second kappa shape index (κ2) is 7.97. The molecule has 0 radical (unpaired) electrons. The van der Waals surface area contributed by atoms with Crippen molar-refractivity contribution in [2.75, 3.05) is 0 Å². The van der Waals surface area contributed by atoms with E-state index in [0.29, 0.717) is 6.42 Å². The molecular formula is C15H25NO3. The van der Waals surface area contributed by atoms with Gasteiger partial charge in [0.2, 0.25) is 5.91 Å². The second-order valence-electron chi connectivity index (χ2n) is 5.70. The van der Waals surface area contributed by atoms with Gasteiger partial charge < -0.3 is 10.4 Å². The number of carboxylic acid groups (broad SMARTS) is 1. The summed E-state index contributed by atoms with van der Waals surface area (Å²) in [4.78, 5) is 23.3. The molecule has 1 amide bonds. The highest BCUT2D eigenvalue weighted by molar-refractivity contribution is 5.86. The van der Waals surface area contributed by atoms with E-state index in [1.165, 1.54) is 6.42 Å². The van der Waals surface area contributed by atoms with E-state index in [1.807, 2.05) is 26.0 Å². The molecule has 1 unspecified atom stereocenters. The van der Waals surface area contributed by atoms with Crippen molar-refractivity contribution in [2.24, 2.45) is 11.8 Å². The molecule has 0 saturated carbocycles. The minimum atomic E-state index is -0.947. The van der Waals surface area contributed by atoms with Gasteiger partial charge in [0.15, 0.2) is 0 Å². The van der Waals surface area contributed by atoms with Crippen LogP contribution in [-0.4, -0.2) is 23.0 Å². The fraction of sp³-hybridized carbons (Fsp3) is 0.733. The fourth-order valence-corrected chi connectivity index (χ4v) is 2.35. The Morgan fingerprint density at radius 2 is 2.05 bits per heavy atom. The average Bonchev–Trinajstić information content (AvgIpc) is 2.26. The number of allylic oxidation sites excluding steroid dienone is 1. The summed E-state index contributed by atoms with van der Waals surface area (Å²) < 4.78 is 0. The number of nitrogens with one attached hydrogen (secondary N) is 1. The van der Waals surface area contributed by atoms with E-state index >= 15 is 0 Å². The van der Waals surface area contributed by atoms with Gasteiger partial charge in [0.25, 0.3) is 0 Å². The molecule has 2 atom stereocenters. The van der Waals surface area contributed by atoms with Crippen LogP contribution in [0.5, 0.6) is 0 Å². The molecule has 0 spiro atoms. The SMILES string of the molecule is CC(C)C[C@H](NC(=O)C1C=CCCCCC1)C(=O)O. The molecule has 4 nitrogen and oxygen atoms in total. The molecule has 4 heteroatoms. The topological polar surface area (TPSA) is 66.4 Å². The third-order valence-electron chi connectivity index (χ3n) is 3.41. The van der Waals surface area contributed by atoms with Gasteiger partial charge in [-0.2, -0.15) is 0 Å². The van der Waals surface area contributed by atoms with E-state index in [9.17, 15) is 9.59 Å². The Labute approximate surface area is 115 Å². The first-order valence-electron chi connectivity index (χ1n) is 7.20. The molecule has 1 aliphatic rings. The molecule has 0 bridgehead atoms. The summed E-state index contributed by atoms with van der Waals surface area (Å²) in [6.07, 6.45) is 9.62. The van der Waals surface area contributed by atoms with E-state index < -0.39 is 12.0 Å². The maximum Gasteiger partial charge on any atom is 0.326 e. The number of hydrogen-bond acceptors (Lipinski definition) is 2. The summed E-state index contributed by atoms with van der Waals surface area (Å²) in [5.41, 5.74) is 0. The largest absolute Gasteiger partial charge is 0.480 e. The minimum Gasteiger partial charge on any atom is -0.480 e. The van der Waals surface area contributed by atoms with E-state index in [0.717, 1.165) is 25.7 Å². The minimum absolute atomic E-state index is 0.147. The average molecular weight is 267 g/mol. The molecule has 108 valence electrons. The third kappa shape index (κ3) is 5.90. The Hall–Kier alpha value is -1.32. The van der Waals surface area contributed by atoms with Crippen LogP contribution in [0.15, 0.2) is 12.2 Å². The summed E-state index contributed by atoms with van der Waals surface area (Å²) >= 11 is 0. The van der Waals surface area contributed by atoms with Crippen molar-refractivity contribution < 1.29 is 14.7 Å². The Bertz CT molecular complexity index is 336. The van der Waals surface area contributed by atoms with Crippen molar-refractivity contribution >= 4 is 11.9 Å². The van der Waals surface area contributed by atoms with Crippen LogP contribution in [0.2, 0.25) is 0 Å². The van der Waals surface area contributed by atoms with Crippen LogP contribution in [0.3, 0.4) is 0 Å². The first-order valence-corrected chi connectivity index (χ1v) is 7.20. The van der Waals surface area contributed by atoms with E-state index in [4.69, 9.17) is 5.11 Å². The van der Waals surface area contributed by atoms with Crippen LogP contribution in [-0.2, 0) is 9.59 Å². The quantitative estimate of drug-likeness (QED) is 0.753. The van der Waals surface area contributed by atoms with Crippen LogP contribution in [0.25, 0.3) is 0 Å². The van der Waals surface area contributed by atoms with Crippen molar-refractivity contribution in [1.82, 2.24) is 5.32 Å². The van der Waals surface area contributed by atoms with Gasteiger partial charge in [-0.3, -0.25) is 4.79 Å². The smallest absolute Gasteiger partial charge is 0.326 e. The van der Waals surface area contributed by atoms with Crippen molar-refractivity contribution in [3.63, 3.8) is 0 Å². The molecule has 0 saturated heterocycles. The number of carbonyl (C=O) groups is 2. The van der Waals surface area contributed by atoms with Crippen molar-refractivity contribution in [3.05, 3.63) is 12.2 Å². The lowest BCUT2D eigenvalue weighted by molar-refractivity contribution is -0.142. The summed E-state index contributed by atoms with van der Waals surface area (Å²) in [7, 11) is 0. The van der Waals surface area contributed by atoms with Crippen molar-refractivity contribution in [3.8, 4) is 0 Å². The third-order valence-corrected chi connectivity index (χ3v) is 3.41. The fourth-order valence-electron chi connectivity index (χ4n) is 2.35. The molecule has 0 fully saturated rings. The Morgan fingerprint density at radius 1 is 1.32 bits per heavy atom. The zero-order valence-corrected chi connectivity index (χ0v) is 11.9. The van der Waals surface area contributed by atoms with Gasteiger partial charge in [-0.05, 0) is 31.6 Å². The number of aliphatic carboxylic acids is 1. The van der Waals surface area contributed by atoms with Gasteiger partial charge in [0.05, 0.1) is 5.92 Å². The van der Waals surface area contributed by atoms with Gasteiger partial charge >= 0.3 is 5.97 Å². The van der Waals surface area contributed by atoms with Crippen LogP contribution in [0.1, 0.15) is 52.4 Å². The predicted molar refractivity (Wildman–Crippen MR) is 74.7 cm³/mol. The Kier molecular flexibility index (Phi) is 6.60. The molecule has 0 aromatic carbocycles. The summed E-state index contributed by atoms with van der Waals surface area (Å²) in [6.45, 7) is 3.91. The number of hydrogen-bond donors (Lipinski definition) is 2. The molecule has 19 heavy (non-hydrogen) atoms. The van der Waals surface area contributed by atoms with Crippen LogP contribution >= 0.6 is 0 Å². The first-order chi connectivity index (χ1) is 9.00. The Balaban J connectivity index is 2.59. The summed E-state index contributed by atoms with van der Waals surface area (Å²) in [5, 5.41) is 11.8. The highest BCUT2D eigenvalue weighted by atomic mass is 16.4. The summed E-state index contributed by atoms with van der Waals surface area (Å²) in [6, 6.07) is -0.772. The highest BCUT2D eigenvalue weighted by Gasteiger charge is 2.24. The molecule has 0 heterocycles. The van der Waals surface area contributed by atoms with Gasteiger partial charge in [-0.1, -0.05) is 38.8 Å². The number of carboxylic acids is 1. The maximum absolute atomic E-state index is 12.1. The molecule has 2 N–H and O–H groups in total. The Morgan fingerprint density at radius 3 is 2.68 bits per heavy atom.